The molecule has 12 heavy (non-hydrogen) atoms. The van der Waals surface area contributed by atoms with Crippen molar-refractivity contribution < 1.29 is 9.90 Å². The third-order valence-electron chi connectivity index (χ3n) is 1.48. The normalized spacial score (nSPS) is 9.08. The van der Waals surface area contributed by atoms with Crippen molar-refractivity contribution in [1.29, 1.82) is 0 Å². The van der Waals surface area contributed by atoms with Crippen LogP contribution in [0.3, 0.4) is 0 Å². The van der Waals surface area contributed by atoms with E-state index in [0.717, 1.165) is 12.0 Å². The van der Waals surface area contributed by atoms with Crippen LogP contribution in [0.4, 0.5) is 5.69 Å². The highest BCUT2D eigenvalue weighted by Crippen LogP contribution is 2.25. The lowest BCUT2D eigenvalue weighted by Crippen LogP contribution is -1.98. The molecule has 0 saturated carbocycles. The number of anilines is 1. The molecule has 0 saturated heterocycles. The number of carbonyl (C=O) groups is 1. The van der Waals surface area contributed by atoms with Crippen LogP contribution in [-0.2, 0) is 6.42 Å². The lowest BCUT2D eigenvalue weighted by molar-refractivity contribution is 0.0703. The fourth-order valence-corrected chi connectivity index (χ4v) is 1.75. The summed E-state index contributed by atoms with van der Waals surface area (Å²) in [4.78, 5) is 10.7. The van der Waals surface area contributed by atoms with E-state index in [1.165, 1.54) is 11.3 Å². The Labute approximate surface area is 80.6 Å². The van der Waals surface area contributed by atoms with Crippen LogP contribution < -0.4 is 5.73 Å². The van der Waals surface area contributed by atoms with E-state index in [1.54, 1.807) is 5.38 Å². The summed E-state index contributed by atoms with van der Waals surface area (Å²) in [6, 6.07) is 0. The number of nitrogens with two attached hydrogens (primary N) is 1. The highest BCUT2D eigenvalue weighted by molar-refractivity contribution is 7.12. The fraction of sp³-hybridized carbons (Fsp3) is 0.286. The first-order valence-electron chi connectivity index (χ1n) is 3.26. The van der Waals surface area contributed by atoms with Crippen LogP contribution in [0.1, 0.15) is 22.2 Å². The summed E-state index contributed by atoms with van der Waals surface area (Å²) in [5.74, 6) is -0.938. The second kappa shape index (κ2) is 4.33. The average Bonchev–Trinajstić information content (AvgIpc) is 2.30. The smallest absolute Gasteiger partial charge is 0.348 e. The Morgan fingerprint density at radius 2 is 2.33 bits per heavy atom. The number of halogens is 1. The monoisotopic (exact) mass is 207 g/mol. The summed E-state index contributed by atoms with van der Waals surface area (Å²) in [6.07, 6.45) is 0.787. The third-order valence-corrected chi connectivity index (χ3v) is 2.52. The van der Waals surface area contributed by atoms with Gasteiger partial charge in [0.05, 0.1) is 5.69 Å². The highest BCUT2D eigenvalue weighted by atomic mass is 35.5. The van der Waals surface area contributed by atoms with E-state index >= 15 is 0 Å². The molecule has 3 N–H and O–H groups in total. The summed E-state index contributed by atoms with van der Waals surface area (Å²) >= 11 is 1.18. The molecule has 0 bridgehead atoms. The highest BCUT2D eigenvalue weighted by Gasteiger charge is 2.12. The number of carboxylic acid groups (broad SMARTS) is 1. The summed E-state index contributed by atoms with van der Waals surface area (Å²) in [5.41, 5.74) is 6.89. The Kier molecular flexibility index (Phi) is 4.06. The van der Waals surface area contributed by atoms with Crippen LogP contribution in [-0.4, -0.2) is 11.1 Å². The van der Waals surface area contributed by atoms with Gasteiger partial charge in [-0.1, -0.05) is 6.92 Å². The van der Waals surface area contributed by atoms with E-state index < -0.39 is 5.97 Å². The molecule has 1 rings (SSSR count). The second-order valence-corrected chi connectivity index (χ2v) is 3.04. The molecule has 68 valence electrons. The lowest BCUT2D eigenvalue weighted by atomic mass is 10.2. The Bertz CT molecular complexity index is 285. The zero-order chi connectivity index (χ0) is 8.43. The number of nitrogen functional groups attached to an aromatic ring is 1. The zero-order valence-corrected chi connectivity index (χ0v) is 8.17. The number of hydrogen-bond donors (Lipinski definition) is 2. The molecule has 0 spiro atoms. The first kappa shape index (κ1) is 11.3. The maximum atomic E-state index is 10.5. The van der Waals surface area contributed by atoms with Gasteiger partial charge in [0.1, 0.15) is 4.88 Å². The quantitative estimate of drug-likeness (QED) is 0.780. The van der Waals surface area contributed by atoms with Crippen molar-refractivity contribution in [3.8, 4) is 0 Å². The number of aromatic carboxylic acids is 1. The molecule has 0 aliphatic rings. The van der Waals surface area contributed by atoms with Gasteiger partial charge < -0.3 is 10.8 Å². The summed E-state index contributed by atoms with van der Waals surface area (Å²) in [5, 5.41) is 10.4. The van der Waals surface area contributed by atoms with Gasteiger partial charge in [0.2, 0.25) is 0 Å². The van der Waals surface area contributed by atoms with Gasteiger partial charge in [-0.3, -0.25) is 0 Å². The molecule has 0 atom stereocenters. The van der Waals surface area contributed by atoms with Crippen molar-refractivity contribution in [3.05, 3.63) is 15.8 Å². The van der Waals surface area contributed by atoms with Crippen molar-refractivity contribution >= 4 is 35.4 Å². The van der Waals surface area contributed by atoms with Gasteiger partial charge in [0.25, 0.3) is 0 Å². The molecule has 0 fully saturated rings. The second-order valence-electron chi connectivity index (χ2n) is 2.16. The molecular formula is C7H10ClNO2S. The maximum absolute atomic E-state index is 10.5. The van der Waals surface area contributed by atoms with Crippen molar-refractivity contribution in [1.82, 2.24) is 0 Å². The van der Waals surface area contributed by atoms with E-state index in [1.807, 2.05) is 6.92 Å². The van der Waals surface area contributed by atoms with Crippen LogP contribution in [0.5, 0.6) is 0 Å². The number of carboxylic acids is 1. The van der Waals surface area contributed by atoms with Crippen LogP contribution in [0.15, 0.2) is 5.38 Å². The first-order chi connectivity index (χ1) is 5.16. The van der Waals surface area contributed by atoms with E-state index in [0.29, 0.717) is 5.69 Å². The third kappa shape index (κ3) is 1.89. The Balaban J connectivity index is 0.00000121. The molecule has 1 heterocycles. The van der Waals surface area contributed by atoms with Crippen LogP contribution >= 0.6 is 23.7 Å². The Morgan fingerprint density at radius 3 is 2.58 bits per heavy atom. The topological polar surface area (TPSA) is 63.3 Å². The molecule has 0 unspecified atom stereocenters. The molecule has 0 radical (unpaired) electrons. The number of thiophene rings is 1. The van der Waals surface area contributed by atoms with Crippen molar-refractivity contribution in [2.75, 3.05) is 5.73 Å². The van der Waals surface area contributed by atoms with Crippen molar-refractivity contribution in [2.45, 2.75) is 13.3 Å². The lowest BCUT2D eigenvalue weighted by Gasteiger charge is -1.93. The fourth-order valence-electron chi connectivity index (χ4n) is 0.842. The van der Waals surface area contributed by atoms with Crippen LogP contribution in [0.25, 0.3) is 0 Å². The Hall–Kier alpha value is -0.740. The van der Waals surface area contributed by atoms with E-state index in [2.05, 4.69) is 0 Å². The first-order valence-corrected chi connectivity index (χ1v) is 4.14. The van der Waals surface area contributed by atoms with Gasteiger partial charge >= 0.3 is 5.97 Å². The summed E-state index contributed by atoms with van der Waals surface area (Å²) in [7, 11) is 0. The molecule has 0 aliphatic heterocycles. The van der Waals surface area contributed by atoms with E-state index in [-0.39, 0.29) is 17.3 Å². The molecular weight excluding hydrogens is 198 g/mol. The van der Waals surface area contributed by atoms with Gasteiger partial charge in [0, 0.05) is 0 Å². The minimum Gasteiger partial charge on any atom is -0.477 e. The molecule has 1 aromatic rings. The largest absolute Gasteiger partial charge is 0.477 e. The minimum absolute atomic E-state index is 0. The minimum atomic E-state index is -0.938. The predicted molar refractivity (Wildman–Crippen MR) is 52.3 cm³/mol. The molecule has 0 aromatic carbocycles. The molecule has 5 heteroatoms. The van der Waals surface area contributed by atoms with Crippen molar-refractivity contribution in [3.63, 3.8) is 0 Å². The number of rotatable bonds is 2. The SMILES string of the molecule is CCc1csc(C(=O)O)c1N.Cl. The van der Waals surface area contributed by atoms with Gasteiger partial charge in [-0.25, -0.2) is 4.79 Å². The van der Waals surface area contributed by atoms with Gasteiger partial charge in [0.15, 0.2) is 0 Å². The van der Waals surface area contributed by atoms with Gasteiger partial charge in [-0.05, 0) is 17.4 Å². The molecule has 1 aromatic heterocycles. The van der Waals surface area contributed by atoms with E-state index in [9.17, 15) is 4.79 Å². The van der Waals surface area contributed by atoms with Crippen LogP contribution in [0, 0.1) is 0 Å². The van der Waals surface area contributed by atoms with E-state index in [4.69, 9.17) is 10.8 Å². The number of aryl methyl sites for hydroxylation is 1. The number of hydrogen-bond acceptors (Lipinski definition) is 3. The Morgan fingerprint density at radius 1 is 1.75 bits per heavy atom. The predicted octanol–water partition coefficient (Wildman–Crippen LogP) is 2.01. The van der Waals surface area contributed by atoms with Gasteiger partial charge in [-0.15, -0.1) is 23.7 Å². The maximum Gasteiger partial charge on any atom is 0.348 e. The average molecular weight is 208 g/mol. The molecule has 0 amide bonds. The van der Waals surface area contributed by atoms with Crippen molar-refractivity contribution in [2.24, 2.45) is 0 Å². The standard InChI is InChI=1S/C7H9NO2S.ClH/c1-2-4-3-11-6(5(4)8)7(9)10;/h3H,2,8H2,1H3,(H,9,10);1H. The molecule has 3 nitrogen and oxygen atoms in total. The molecule has 0 aliphatic carbocycles. The van der Waals surface area contributed by atoms with Crippen LogP contribution in [0.2, 0.25) is 0 Å². The van der Waals surface area contributed by atoms with Gasteiger partial charge in [-0.2, -0.15) is 0 Å². The zero-order valence-electron chi connectivity index (χ0n) is 6.53. The summed E-state index contributed by atoms with van der Waals surface area (Å²) < 4.78 is 0. The summed E-state index contributed by atoms with van der Waals surface area (Å²) in [6.45, 7) is 1.95.